The van der Waals surface area contributed by atoms with Crippen LogP contribution in [-0.4, -0.2) is 5.25 Å². The van der Waals surface area contributed by atoms with Gasteiger partial charge in [-0.25, -0.2) is 0 Å². The molecule has 1 saturated carbocycles. The maximum absolute atomic E-state index is 5.32. The van der Waals surface area contributed by atoms with Crippen molar-refractivity contribution in [3.05, 3.63) is 30.3 Å². The van der Waals surface area contributed by atoms with Crippen LogP contribution in [0.3, 0.4) is 0 Å². The Balaban J connectivity index is 1.74. The first-order valence-electron chi connectivity index (χ1n) is 6.53. The van der Waals surface area contributed by atoms with Gasteiger partial charge in [-0.2, -0.15) is 0 Å². The Morgan fingerprint density at radius 3 is 2.47 bits per heavy atom. The minimum absolute atomic E-state index is 0.819. The standard InChI is InChI=1S/C16H20S/c1-2-3-7-14-10-12-16(13-11-14)17-15-8-5-4-6-9-15/h1,4-6,8-9,14,16H,3,7,10-13H2. The molecule has 0 atom stereocenters. The highest BCUT2D eigenvalue weighted by Gasteiger charge is 2.21. The van der Waals surface area contributed by atoms with Crippen LogP contribution in [0, 0.1) is 18.3 Å². The fraction of sp³-hybridized carbons (Fsp3) is 0.500. The lowest BCUT2D eigenvalue weighted by atomic mass is 9.86. The fourth-order valence-electron chi connectivity index (χ4n) is 2.52. The molecule has 1 fully saturated rings. The molecule has 2 rings (SSSR count). The Morgan fingerprint density at radius 2 is 1.82 bits per heavy atom. The van der Waals surface area contributed by atoms with Gasteiger partial charge in [0.25, 0.3) is 0 Å². The summed E-state index contributed by atoms with van der Waals surface area (Å²) in [4.78, 5) is 1.42. The first-order chi connectivity index (χ1) is 8.38. The van der Waals surface area contributed by atoms with Gasteiger partial charge in [-0.3, -0.25) is 0 Å². The van der Waals surface area contributed by atoms with E-state index in [-0.39, 0.29) is 0 Å². The van der Waals surface area contributed by atoms with Crippen LogP contribution in [0.2, 0.25) is 0 Å². The molecule has 0 bridgehead atoms. The van der Waals surface area contributed by atoms with Gasteiger partial charge in [0.2, 0.25) is 0 Å². The molecule has 0 saturated heterocycles. The van der Waals surface area contributed by atoms with E-state index in [1.165, 1.54) is 37.0 Å². The Labute approximate surface area is 109 Å². The zero-order valence-electron chi connectivity index (χ0n) is 10.3. The van der Waals surface area contributed by atoms with Crippen LogP contribution in [-0.2, 0) is 0 Å². The Morgan fingerprint density at radius 1 is 1.12 bits per heavy atom. The summed E-state index contributed by atoms with van der Waals surface area (Å²) in [6.45, 7) is 0. The summed E-state index contributed by atoms with van der Waals surface area (Å²) in [6.07, 6.45) is 13.0. The summed E-state index contributed by atoms with van der Waals surface area (Å²) >= 11 is 2.05. The molecular formula is C16H20S. The highest BCUT2D eigenvalue weighted by atomic mass is 32.2. The Kier molecular flexibility index (Phi) is 5.01. The van der Waals surface area contributed by atoms with Gasteiger partial charge in [0, 0.05) is 16.6 Å². The number of rotatable bonds is 4. The molecule has 1 heteroatoms. The Bertz CT molecular complexity index is 355. The molecule has 0 heterocycles. The number of hydrogen-bond donors (Lipinski definition) is 0. The van der Waals surface area contributed by atoms with Gasteiger partial charge in [0.1, 0.15) is 0 Å². The van der Waals surface area contributed by atoms with Crippen molar-refractivity contribution in [3.63, 3.8) is 0 Å². The van der Waals surface area contributed by atoms with Gasteiger partial charge in [-0.05, 0) is 50.2 Å². The Hall–Kier alpha value is -0.870. The monoisotopic (exact) mass is 244 g/mol. The molecule has 90 valence electrons. The smallest absolute Gasteiger partial charge is 0.00946 e. The van der Waals surface area contributed by atoms with Crippen molar-refractivity contribution in [2.45, 2.75) is 48.7 Å². The minimum Gasteiger partial charge on any atom is -0.123 e. The predicted octanol–water partition coefficient (Wildman–Crippen LogP) is 4.75. The number of hydrogen-bond acceptors (Lipinski definition) is 1. The lowest BCUT2D eigenvalue weighted by Gasteiger charge is -2.27. The molecular weight excluding hydrogens is 224 g/mol. The normalized spacial score (nSPS) is 24.2. The van der Waals surface area contributed by atoms with Crippen LogP contribution in [0.4, 0.5) is 0 Å². The summed E-state index contributed by atoms with van der Waals surface area (Å²) in [5.41, 5.74) is 0. The summed E-state index contributed by atoms with van der Waals surface area (Å²) in [7, 11) is 0. The zero-order valence-corrected chi connectivity index (χ0v) is 11.1. The van der Waals surface area contributed by atoms with E-state index in [2.05, 4.69) is 48.0 Å². The molecule has 0 amide bonds. The van der Waals surface area contributed by atoms with E-state index in [0.29, 0.717) is 0 Å². The molecule has 1 aliphatic carbocycles. The summed E-state index contributed by atoms with van der Waals surface area (Å²) in [5.74, 6) is 3.65. The van der Waals surface area contributed by atoms with Crippen molar-refractivity contribution in [2.75, 3.05) is 0 Å². The molecule has 1 aromatic carbocycles. The van der Waals surface area contributed by atoms with E-state index in [1.54, 1.807) is 0 Å². The molecule has 17 heavy (non-hydrogen) atoms. The highest BCUT2D eigenvalue weighted by Crippen LogP contribution is 2.37. The second-order valence-corrected chi connectivity index (χ2v) is 6.19. The molecule has 1 aliphatic rings. The third-order valence-corrected chi connectivity index (χ3v) is 4.89. The van der Waals surface area contributed by atoms with Crippen LogP contribution in [0.15, 0.2) is 35.2 Å². The number of benzene rings is 1. The van der Waals surface area contributed by atoms with E-state index in [1.807, 2.05) is 0 Å². The van der Waals surface area contributed by atoms with Crippen molar-refractivity contribution in [2.24, 2.45) is 5.92 Å². The van der Waals surface area contributed by atoms with Gasteiger partial charge in [-0.15, -0.1) is 24.1 Å². The molecule has 0 nitrogen and oxygen atoms in total. The number of terminal acetylenes is 1. The molecule has 0 N–H and O–H groups in total. The average molecular weight is 244 g/mol. The van der Waals surface area contributed by atoms with Crippen molar-refractivity contribution in [1.29, 1.82) is 0 Å². The van der Waals surface area contributed by atoms with Crippen LogP contribution >= 0.6 is 11.8 Å². The maximum atomic E-state index is 5.32. The average Bonchev–Trinajstić information content (AvgIpc) is 2.39. The van der Waals surface area contributed by atoms with Crippen molar-refractivity contribution in [3.8, 4) is 12.3 Å². The molecule has 0 aromatic heterocycles. The molecule has 1 aromatic rings. The summed E-state index contributed by atoms with van der Waals surface area (Å²) in [5, 5.41) is 0.819. The largest absolute Gasteiger partial charge is 0.123 e. The lowest BCUT2D eigenvalue weighted by Crippen LogP contribution is -2.16. The summed E-state index contributed by atoms with van der Waals surface area (Å²) < 4.78 is 0. The topological polar surface area (TPSA) is 0 Å². The zero-order chi connectivity index (χ0) is 11.9. The quantitative estimate of drug-likeness (QED) is 0.689. The molecule has 0 aliphatic heterocycles. The van der Waals surface area contributed by atoms with Gasteiger partial charge in [0.15, 0.2) is 0 Å². The molecule has 0 unspecified atom stereocenters. The van der Waals surface area contributed by atoms with E-state index in [9.17, 15) is 0 Å². The van der Waals surface area contributed by atoms with Crippen LogP contribution in [0.25, 0.3) is 0 Å². The first-order valence-corrected chi connectivity index (χ1v) is 7.41. The second kappa shape index (κ2) is 6.77. The first kappa shape index (κ1) is 12.6. The van der Waals surface area contributed by atoms with E-state index in [4.69, 9.17) is 6.42 Å². The van der Waals surface area contributed by atoms with E-state index >= 15 is 0 Å². The van der Waals surface area contributed by atoms with Crippen molar-refractivity contribution in [1.82, 2.24) is 0 Å². The SMILES string of the molecule is C#CCCC1CCC(Sc2ccccc2)CC1. The lowest BCUT2D eigenvalue weighted by molar-refractivity contribution is 0.349. The maximum Gasteiger partial charge on any atom is 0.00946 e. The molecule has 0 radical (unpaired) electrons. The number of thioether (sulfide) groups is 1. The van der Waals surface area contributed by atoms with E-state index in [0.717, 1.165) is 17.6 Å². The third kappa shape index (κ3) is 4.13. The van der Waals surface area contributed by atoms with Gasteiger partial charge in [-0.1, -0.05) is 18.2 Å². The van der Waals surface area contributed by atoms with Crippen molar-refractivity contribution >= 4 is 11.8 Å². The predicted molar refractivity (Wildman–Crippen MR) is 76.1 cm³/mol. The highest BCUT2D eigenvalue weighted by molar-refractivity contribution is 8.00. The van der Waals surface area contributed by atoms with Gasteiger partial charge >= 0.3 is 0 Å². The van der Waals surface area contributed by atoms with Crippen LogP contribution in [0.1, 0.15) is 38.5 Å². The van der Waals surface area contributed by atoms with Crippen LogP contribution in [0.5, 0.6) is 0 Å². The second-order valence-electron chi connectivity index (χ2n) is 4.82. The third-order valence-electron chi connectivity index (χ3n) is 3.54. The van der Waals surface area contributed by atoms with Crippen molar-refractivity contribution < 1.29 is 0 Å². The van der Waals surface area contributed by atoms with Crippen LogP contribution < -0.4 is 0 Å². The van der Waals surface area contributed by atoms with Gasteiger partial charge in [0.05, 0.1) is 0 Å². The summed E-state index contributed by atoms with van der Waals surface area (Å²) in [6, 6.07) is 10.8. The van der Waals surface area contributed by atoms with E-state index < -0.39 is 0 Å². The molecule has 0 spiro atoms. The minimum atomic E-state index is 0.819. The fourth-order valence-corrected chi connectivity index (χ4v) is 3.72. The van der Waals surface area contributed by atoms with Gasteiger partial charge < -0.3 is 0 Å².